The average Bonchev–Trinajstić information content (AvgIpc) is 3.05. The molecular weight excluding hydrogens is 402 g/mol. The normalized spacial score (nSPS) is 15.0. The van der Waals surface area contributed by atoms with Crippen molar-refractivity contribution in [3.05, 3.63) is 29.1 Å². The second-order valence-electron chi connectivity index (χ2n) is 6.01. The average molecular weight is 424 g/mol. The highest BCUT2D eigenvalue weighted by Crippen LogP contribution is 2.17. The number of rotatable bonds is 6. The van der Waals surface area contributed by atoms with Crippen LogP contribution in [-0.4, -0.2) is 72.2 Å². The molecule has 1 aromatic carbocycles. The van der Waals surface area contributed by atoms with Crippen molar-refractivity contribution in [3.8, 4) is 0 Å². The number of thiazole rings is 1. The number of para-hydroxylation sites is 1. The van der Waals surface area contributed by atoms with Crippen molar-refractivity contribution in [1.82, 2.24) is 9.47 Å². The van der Waals surface area contributed by atoms with E-state index in [-0.39, 0.29) is 29.9 Å². The molecule has 10 heteroatoms. The Morgan fingerprint density at radius 3 is 2.71 bits per heavy atom. The second-order valence-corrected chi connectivity index (χ2v) is 8.00. The first-order valence-electron chi connectivity index (χ1n) is 8.74. The van der Waals surface area contributed by atoms with Crippen LogP contribution in [0.3, 0.4) is 0 Å². The zero-order chi connectivity index (χ0) is 19.9. The summed E-state index contributed by atoms with van der Waals surface area (Å²) in [6.07, 6.45) is 0. The Morgan fingerprint density at radius 1 is 1.21 bits per heavy atom. The topological polar surface area (TPSA) is 90.2 Å². The van der Waals surface area contributed by atoms with Gasteiger partial charge in [0.1, 0.15) is 6.54 Å². The Balaban J connectivity index is 1.67. The number of hydrogen-bond acceptors (Lipinski definition) is 7. The molecule has 0 saturated carbocycles. The maximum Gasteiger partial charge on any atom is 0.325 e. The van der Waals surface area contributed by atoms with Crippen LogP contribution in [0.2, 0.25) is 0 Å². The van der Waals surface area contributed by atoms with E-state index >= 15 is 0 Å². The van der Waals surface area contributed by atoms with Crippen LogP contribution in [0.15, 0.2) is 29.3 Å². The minimum atomic E-state index is -0.414. The van der Waals surface area contributed by atoms with Gasteiger partial charge in [0.2, 0.25) is 5.91 Å². The van der Waals surface area contributed by atoms with E-state index in [0.717, 1.165) is 10.2 Å². The van der Waals surface area contributed by atoms with E-state index in [4.69, 9.17) is 9.47 Å². The summed E-state index contributed by atoms with van der Waals surface area (Å²) in [5.41, 5.74) is 0.819. The number of carbonyl (C=O) groups is 3. The molecule has 2 heterocycles. The van der Waals surface area contributed by atoms with Gasteiger partial charge in [-0.3, -0.25) is 14.4 Å². The molecule has 0 N–H and O–H groups in total. The van der Waals surface area contributed by atoms with Crippen LogP contribution >= 0.6 is 23.1 Å². The van der Waals surface area contributed by atoms with E-state index < -0.39 is 5.97 Å². The number of morpholine rings is 1. The van der Waals surface area contributed by atoms with Gasteiger partial charge in [0.15, 0.2) is 4.80 Å². The molecule has 28 heavy (non-hydrogen) atoms. The standard InChI is InChI=1S/C18H21N3O5S2/c1-25-17(24)10-21-13-4-2-3-5-14(13)28-18(21)19-15(22)11-27-12-16(23)20-6-8-26-9-7-20/h2-5H,6-12H2,1H3. The molecule has 1 fully saturated rings. The van der Waals surface area contributed by atoms with Crippen LogP contribution in [0, 0.1) is 0 Å². The first-order valence-corrected chi connectivity index (χ1v) is 10.7. The van der Waals surface area contributed by atoms with Gasteiger partial charge in [-0.25, -0.2) is 0 Å². The number of thioether (sulfide) groups is 1. The predicted molar refractivity (Wildman–Crippen MR) is 107 cm³/mol. The maximum atomic E-state index is 12.3. The number of methoxy groups -OCH3 is 1. The van der Waals surface area contributed by atoms with Crippen LogP contribution in [-0.2, 0) is 30.4 Å². The van der Waals surface area contributed by atoms with Gasteiger partial charge in [-0.15, -0.1) is 11.8 Å². The summed E-state index contributed by atoms with van der Waals surface area (Å²) < 4.78 is 12.6. The lowest BCUT2D eigenvalue weighted by molar-refractivity contribution is -0.141. The number of fused-ring (bicyclic) bond motifs is 1. The summed E-state index contributed by atoms with van der Waals surface area (Å²) >= 11 is 2.58. The van der Waals surface area contributed by atoms with Crippen LogP contribution in [0.25, 0.3) is 10.2 Å². The molecule has 0 atom stereocenters. The van der Waals surface area contributed by atoms with Crippen LogP contribution in [0.4, 0.5) is 0 Å². The molecule has 150 valence electrons. The minimum absolute atomic E-state index is 0.00344. The van der Waals surface area contributed by atoms with E-state index in [2.05, 4.69) is 4.99 Å². The molecule has 1 saturated heterocycles. The third-order valence-electron chi connectivity index (χ3n) is 4.14. The first-order chi connectivity index (χ1) is 13.6. The lowest BCUT2D eigenvalue weighted by Crippen LogP contribution is -2.41. The van der Waals surface area contributed by atoms with Crippen molar-refractivity contribution in [2.75, 3.05) is 44.9 Å². The fourth-order valence-corrected chi connectivity index (χ4v) is 4.47. The summed E-state index contributed by atoms with van der Waals surface area (Å²) in [5, 5.41) is 0. The first kappa shape index (κ1) is 20.6. The van der Waals surface area contributed by atoms with Gasteiger partial charge in [0, 0.05) is 13.1 Å². The monoisotopic (exact) mass is 423 g/mol. The lowest BCUT2D eigenvalue weighted by atomic mass is 10.3. The molecule has 2 aromatic rings. The molecule has 0 aliphatic carbocycles. The van der Waals surface area contributed by atoms with Gasteiger partial charge in [-0.2, -0.15) is 4.99 Å². The highest BCUT2D eigenvalue weighted by molar-refractivity contribution is 8.00. The van der Waals surface area contributed by atoms with Crippen LogP contribution < -0.4 is 4.80 Å². The Bertz CT molecular complexity index is 931. The van der Waals surface area contributed by atoms with Gasteiger partial charge in [-0.05, 0) is 12.1 Å². The van der Waals surface area contributed by atoms with Crippen molar-refractivity contribution < 1.29 is 23.9 Å². The van der Waals surface area contributed by atoms with E-state index in [1.54, 1.807) is 9.47 Å². The van der Waals surface area contributed by atoms with E-state index in [0.29, 0.717) is 31.1 Å². The summed E-state index contributed by atoms with van der Waals surface area (Å²) in [5.74, 6) is -0.421. The Kier molecular flexibility index (Phi) is 7.24. The maximum absolute atomic E-state index is 12.3. The van der Waals surface area contributed by atoms with Crippen LogP contribution in [0.5, 0.6) is 0 Å². The number of benzene rings is 1. The Labute approximate surface area is 170 Å². The number of hydrogen-bond donors (Lipinski definition) is 0. The zero-order valence-electron chi connectivity index (χ0n) is 15.5. The molecule has 1 aromatic heterocycles. The van der Waals surface area contributed by atoms with Crippen LogP contribution in [0.1, 0.15) is 0 Å². The smallest absolute Gasteiger partial charge is 0.325 e. The SMILES string of the molecule is COC(=O)Cn1c(=NC(=O)CSCC(=O)N2CCOCC2)sc2ccccc21. The predicted octanol–water partition coefficient (Wildman–Crippen LogP) is 0.895. The number of ether oxygens (including phenoxy) is 2. The van der Waals surface area contributed by atoms with Crippen molar-refractivity contribution in [1.29, 1.82) is 0 Å². The van der Waals surface area contributed by atoms with Gasteiger partial charge in [0.25, 0.3) is 5.91 Å². The van der Waals surface area contributed by atoms with E-state index in [9.17, 15) is 14.4 Å². The zero-order valence-corrected chi connectivity index (χ0v) is 17.1. The molecule has 1 aliphatic rings. The number of amides is 2. The molecule has 0 spiro atoms. The molecule has 0 unspecified atom stereocenters. The van der Waals surface area contributed by atoms with Crippen molar-refractivity contribution in [3.63, 3.8) is 0 Å². The van der Waals surface area contributed by atoms with E-state index in [1.807, 2.05) is 24.3 Å². The second kappa shape index (κ2) is 9.85. The van der Waals surface area contributed by atoms with Gasteiger partial charge >= 0.3 is 5.97 Å². The minimum Gasteiger partial charge on any atom is -0.468 e. The molecule has 0 bridgehead atoms. The third kappa shape index (κ3) is 5.21. The summed E-state index contributed by atoms with van der Waals surface area (Å²) in [4.78, 5) is 42.5. The summed E-state index contributed by atoms with van der Waals surface area (Å²) in [7, 11) is 1.32. The van der Waals surface area contributed by atoms with E-state index in [1.165, 1.54) is 30.2 Å². The fourth-order valence-electron chi connectivity index (χ4n) is 2.72. The number of esters is 1. The lowest BCUT2D eigenvalue weighted by Gasteiger charge is -2.26. The summed E-state index contributed by atoms with van der Waals surface area (Å²) in [6, 6.07) is 7.53. The quantitative estimate of drug-likeness (QED) is 0.641. The highest BCUT2D eigenvalue weighted by Gasteiger charge is 2.17. The van der Waals surface area contributed by atoms with Gasteiger partial charge < -0.3 is 18.9 Å². The highest BCUT2D eigenvalue weighted by atomic mass is 32.2. The largest absolute Gasteiger partial charge is 0.468 e. The molecule has 1 aliphatic heterocycles. The van der Waals surface area contributed by atoms with Gasteiger partial charge in [0.05, 0.1) is 42.0 Å². The molecule has 8 nitrogen and oxygen atoms in total. The van der Waals surface area contributed by atoms with Crippen molar-refractivity contribution in [2.24, 2.45) is 4.99 Å². The van der Waals surface area contributed by atoms with Crippen molar-refractivity contribution in [2.45, 2.75) is 6.54 Å². The Morgan fingerprint density at radius 2 is 1.96 bits per heavy atom. The third-order valence-corrected chi connectivity index (χ3v) is 6.10. The molecule has 3 rings (SSSR count). The molecular formula is C18H21N3O5S2. The van der Waals surface area contributed by atoms with Crippen molar-refractivity contribution >= 4 is 51.1 Å². The molecule has 0 radical (unpaired) electrons. The summed E-state index contributed by atoms with van der Waals surface area (Å²) in [6.45, 7) is 2.27. The van der Waals surface area contributed by atoms with Gasteiger partial charge in [-0.1, -0.05) is 23.5 Å². The number of carbonyl (C=O) groups excluding carboxylic acids is 3. The molecule has 2 amide bonds. The number of nitrogens with zero attached hydrogens (tertiary/aromatic N) is 3. The fraction of sp³-hybridized carbons (Fsp3) is 0.444. The Hall–Kier alpha value is -2.17. The number of aromatic nitrogens is 1.